The molecule has 0 aromatic heterocycles. The Morgan fingerprint density at radius 1 is 1.55 bits per heavy atom. The minimum atomic E-state index is -0.304. The molecule has 1 fully saturated rings. The lowest BCUT2D eigenvalue weighted by atomic mass is 9.98. The Morgan fingerprint density at radius 3 is 3.00 bits per heavy atom. The lowest BCUT2D eigenvalue weighted by Crippen LogP contribution is -2.37. The van der Waals surface area contributed by atoms with Gasteiger partial charge in [0.2, 0.25) is 0 Å². The maximum Gasteiger partial charge on any atom is 0.315 e. The molecule has 0 radical (unpaired) electrons. The van der Waals surface area contributed by atoms with Gasteiger partial charge in [0, 0.05) is 27.2 Å². The fourth-order valence-electron chi connectivity index (χ4n) is 2.84. The molecule has 1 aliphatic rings. The lowest BCUT2D eigenvalue weighted by molar-refractivity contribution is -0.383. The summed E-state index contributed by atoms with van der Waals surface area (Å²) in [4.78, 5) is 13.2. The second-order valence-electron chi connectivity index (χ2n) is 5.09. The van der Waals surface area contributed by atoms with Crippen LogP contribution in [0, 0.1) is 16.0 Å². The van der Waals surface area contributed by atoms with Gasteiger partial charge in [-0.3, -0.25) is 10.1 Å². The number of nitro groups is 1. The van der Waals surface area contributed by atoms with Crippen LogP contribution in [0.3, 0.4) is 0 Å². The minimum Gasteiger partial charge on any atom is -0.384 e. The Labute approximate surface area is 118 Å². The van der Waals surface area contributed by atoms with Gasteiger partial charge in [0.15, 0.2) is 0 Å². The molecular weight excluding hydrogens is 258 g/mol. The number of nitro benzene ring substituents is 1. The zero-order chi connectivity index (χ0) is 14.5. The van der Waals surface area contributed by atoms with E-state index in [2.05, 4.69) is 10.2 Å². The Hall–Kier alpha value is -1.82. The van der Waals surface area contributed by atoms with Crippen LogP contribution in [-0.2, 0) is 4.74 Å². The number of ether oxygens (including phenoxy) is 1. The quantitative estimate of drug-likeness (QED) is 0.662. The molecule has 2 rings (SSSR count). The van der Waals surface area contributed by atoms with Gasteiger partial charge in [-0.2, -0.15) is 0 Å². The number of benzene rings is 1. The second kappa shape index (κ2) is 6.56. The van der Waals surface area contributed by atoms with Crippen LogP contribution in [-0.4, -0.2) is 38.8 Å². The molecular formula is C14H21N3O3. The average Bonchev–Trinajstić information content (AvgIpc) is 2.47. The average molecular weight is 279 g/mol. The first-order chi connectivity index (χ1) is 9.67. The summed E-state index contributed by atoms with van der Waals surface area (Å²) in [5.74, 6) is 0.437. The number of para-hydroxylation sites is 1. The monoisotopic (exact) mass is 279 g/mol. The minimum absolute atomic E-state index is 0.160. The van der Waals surface area contributed by atoms with E-state index >= 15 is 0 Å². The summed E-state index contributed by atoms with van der Waals surface area (Å²) in [5, 5.41) is 14.3. The van der Waals surface area contributed by atoms with Crippen LogP contribution in [0.4, 0.5) is 17.1 Å². The van der Waals surface area contributed by atoms with Gasteiger partial charge in [-0.15, -0.1) is 0 Å². The third kappa shape index (κ3) is 3.01. The molecule has 0 amide bonds. The molecule has 0 saturated carbocycles. The molecule has 0 aliphatic carbocycles. The summed E-state index contributed by atoms with van der Waals surface area (Å²) in [5.41, 5.74) is 1.41. The number of piperidine rings is 1. The summed E-state index contributed by atoms with van der Waals surface area (Å²) in [6, 6.07) is 5.42. The zero-order valence-electron chi connectivity index (χ0n) is 12.0. The van der Waals surface area contributed by atoms with E-state index in [4.69, 9.17) is 4.74 Å². The van der Waals surface area contributed by atoms with Crippen molar-refractivity contribution in [1.29, 1.82) is 0 Å². The molecule has 0 spiro atoms. The number of methoxy groups -OCH3 is 1. The van der Waals surface area contributed by atoms with Gasteiger partial charge in [0.05, 0.1) is 11.5 Å². The molecule has 1 unspecified atom stereocenters. The van der Waals surface area contributed by atoms with E-state index in [-0.39, 0.29) is 10.6 Å². The molecule has 20 heavy (non-hydrogen) atoms. The van der Waals surface area contributed by atoms with Crippen LogP contribution in [0.25, 0.3) is 0 Å². The number of nitrogens with one attached hydrogen (secondary N) is 1. The van der Waals surface area contributed by atoms with Crippen LogP contribution in [0.15, 0.2) is 18.2 Å². The van der Waals surface area contributed by atoms with Gasteiger partial charge >= 0.3 is 5.69 Å². The van der Waals surface area contributed by atoms with Crippen LogP contribution in [0.5, 0.6) is 0 Å². The van der Waals surface area contributed by atoms with Crippen LogP contribution < -0.4 is 10.2 Å². The Morgan fingerprint density at radius 2 is 2.35 bits per heavy atom. The third-order valence-electron chi connectivity index (χ3n) is 3.73. The van der Waals surface area contributed by atoms with Gasteiger partial charge < -0.3 is 15.0 Å². The molecule has 1 aromatic rings. The first-order valence-corrected chi connectivity index (χ1v) is 6.86. The lowest BCUT2D eigenvalue weighted by Gasteiger charge is -2.34. The predicted octanol–water partition coefficient (Wildman–Crippen LogP) is 2.50. The zero-order valence-corrected chi connectivity index (χ0v) is 12.0. The van der Waals surface area contributed by atoms with Crippen LogP contribution >= 0.6 is 0 Å². The smallest absolute Gasteiger partial charge is 0.315 e. The Balaban J connectivity index is 2.29. The molecule has 1 N–H and O–H groups in total. The first kappa shape index (κ1) is 14.6. The predicted molar refractivity (Wildman–Crippen MR) is 79.5 cm³/mol. The highest BCUT2D eigenvalue weighted by molar-refractivity contribution is 5.77. The highest BCUT2D eigenvalue weighted by Gasteiger charge is 2.27. The fraction of sp³-hybridized carbons (Fsp3) is 0.571. The van der Waals surface area contributed by atoms with Crippen molar-refractivity contribution in [3.8, 4) is 0 Å². The van der Waals surface area contributed by atoms with Crippen molar-refractivity contribution in [2.75, 3.05) is 44.1 Å². The van der Waals surface area contributed by atoms with E-state index in [1.165, 1.54) is 0 Å². The highest BCUT2D eigenvalue weighted by Crippen LogP contribution is 2.37. The van der Waals surface area contributed by atoms with Crippen molar-refractivity contribution in [2.24, 2.45) is 5.92 Å². The molecule has 1 atom stereocenters. The number of nitrogens with zero attached hydrogens (tertiary/aromatic N) is 2. The molecule has 1 heterocycles. The number of anilines is 2. The highest BCUT2D eigenvalue weighted by atomic mass is 16.6. The van der Waals surface area contributed by atoms with Gasteiger partial charge in [-0.05, 0) is 30.9 Å². The normalized spacial score (nSPS) is 18.9. The van der Waals surface area contributed by atoms with Gasteiger partial charge in [-0.1, -0.05) is 6.07 Å². The van der Waals surface area contributed by atoms with Crippen molar-refractivity contribution in [1.82, 2.24) is 0 Å². The molecule has 6 nitrogen and oxygen atoms in total. The van der Waals surface area contributed by atoms with Crippen molar-refractivity contribution in [3.63, 3.8) is 0 Å². The number of hydrogen-bond donors (Lipinski definition) is 1. The largest absolute Gasteiger partial charge is 0.384 e. The summed E-state index contributed by atoms with van der Waals surface area (Å²) in [7, 11) is 3.40. The standard InChI is InChI=1S/C14H21N3O3/c1-15-12-6-3-7-13(14(12)17(18)19)16-8-4-5-11(9-16)10-20-2/h3,6-7,11,15H,4-5,8-10H2,1-2H3. The van der Waals surface area contributed by atoms with E-state index in [0.29, 0.717) is 23.9 Å². The van der Waals surface area contributed by atoms with E-state index in [1.807, 2.05) is 12.1 Å². The maximum absolute atomic E-state index is 11.4. The summed E-state index contributed by atoms with van der Waals surface area (Å²) in [6.07, 6.45) is 2.15. The fourth-order valence-corrected chi connectivity index (χ4v) is 2.84. The number of hydrogen-bond acceptors (Lipinski definition) is 5. The van der Waals surface area contributed by atoms with E-state index in [9.17, 15) is 10.1 Å². The summed E-state index contributed by atoms with van der Waals surface area (Å²) < 4.78 is 5.22. The Bertz CT molecular complexity index is 477. The summed E-state index contributed by atoms with van der Waals surface area (Å²) in [6.45, 7) is 2.37. The third-order valence-corrected chi connectivity index (χ3v) is 3.73. The molecule has 110 valence electrons. The molecule has 0 bridgehead atoms. The van der Waals surface area contributed by atoms with Gasteiger partial charge in [-0.25, -0.2) is 0 Å². The molecule has 1 saturated heterocycles. The second-order valence-corrected chi connectivity index (χ2v) is 5.09. The van der Waals surface area contributed by atoms with E-state index < -0.39 is 0 Å². The summed E-state index contributed by atoms with van der Waals surface area (Å²) >= 11 is 0. The van der Waals surface area contributed by atoms with Crippen molar-refractivity contribution in [3.05, 3.63) is 28.3 Å². The number of rotatable bonds is 5. The molecule has 6 heteroatoms. The van der Waals surface area contributed by atoms with Crippen molar-refractivity contribution in [2.45, 2.75) is 12.8 Å². The van der Waals surface area contributed by atoms with Crippen LogP contribution in [0.1, 0.15) is 12.8 Å². The molecule has 1 aliphatic heterocycles. The van der Waals surface area contributed by atoms with E-state index in [1.54, 1.807) is 20.2 Å². The van der Waals surface area contributed by atoms with Gasteiger partial charge in [0.25, 0.3) is 0 Å². The first-order valence-electron chi connectivity index (χ1n) is 6.86. The molecule has 1 aromatic carbocycles. The van der Waals surface area contributed by atoms with E-state index in [0.717, 1.165) is 25.9 Å². The maximum atomic E-state index is 11.4. The van der Waals surface area contributed by atoms with Crippen LogP contribution in [0.2, 0.25) is 0 Å². The topological polar surface area (TPSA) is 67.6 Å². The van der Waals surface area contributed by atoms with Gasteiger partial charge in [0.1, 0.15) is 11.4 Å². The SMILES string of the molecule is CNc1cccc(N2CCCC(COC)C2)c1[N+](=O)[O-]. The van der Waals surface area contributed by atoms with Crippen molar-refractivity contribution >= 4 is 17.1 Å². The van der Waals surface area contributed by atoms with Crippen molar-refractivity contribution < 1.29 is 9.66 Å². The Kier molecular flexibility index (Phi) is 4.79.